The van der Waals surface area contributed by atoms with Crippen molar-refractivity contribution in [3.8, 4) is 0 Å². The van der Waals surface area contributed by atoms with Crippen LogP contribution in [0.2, 0.25) is 0 Å². The molecule has 14 heavy (non-hydrogen) atoms. The number of carbonyl (C=O) groups is 2. The lowest BCUT2D eigenvalue weighted by Gasteiger charge is -2.23. The predicted octanol–water partition coefficient (Wildman–Crippen LogP) is 0.831. The maximum absolute atomic E-state index is 11.2. The minimum atomic E-state index is -2.03. The lowest BCUT2D eigenvalue weighted by Crippen LogP contribution is -2.49. The molecule has 1 heterocycles. The summed E-state index contributed by atoms with van der Waals surface area (Å²) in [5.74, 6) is -0.999. The van der Waals surface area contributed by atoms with E-state index in [2.05, 4.69) is 5.32 Å². The van der Waals surface area contributed by atoms with E-state index in [-0.39, 0.29) is 12.4 Å². The fraction of sp³-hybridized carbons (Fsp3) is 0.714. The SMILES string of the molecule is O=C1COCCC1NC(=O)C(Cl)(Cl)Cl. The topological polar surface area (TPSA) is 55.4 Å². The van der Waals surface area contributed by atoms with E-state index in [0.29, 0.717) is 13.0 Å². The minimum absolute atomic E-state index is 0.00912. The highest BCUT2D eigenvalue weighted by atomic mass is 35.6. The van der Waals surface area contributed by atoms with Crippen LogP contribution < -0.4 is 5.32 Å². The monoisotopic (exact) mass is 259 g/mol. The van der Waals surface area contributed by atoms with E-state index in [9.17, 15) is 9.59 Å². The molecule has 1 N–H and O–H groups in total. The summed E-state index contributed by atoms with van der Waals surface area (Å²) in [5, 5.41) is 2.34. The molecule has 0 aliphatic carbocycles. The number of amides is 1. The van der Waals surface area contributed by atoms with Crippen molar-refractivity contribution in [2.45, 2.75) is 16.3 Å². The Balaban J connectivity index is 2.51. The van der Waals surface area contributed by atoms with E-state index in [1.54, 1.807) is 0 Å². The number of alkyl halides is 3. The van der Waals surface area contributed by atoms with Crippen molar-refractivity contribution in [2.24, 2.45) is 0 Å². The zero-order valence-corrected chi connectivity index (χ0v) is 9.33. The fourth-order valence-electron chi connectivity index (χ4n) is 1.03. The first-order chi connectivity index (χ1) is 6.41. The maximum Gasteiger partial charge on any atom is 0.272 e. The van der Waals surface area contributed by atoms with Gasteiger partial charge < -0.3 is 10.1 Å². The molecule has 1 aliphatic rings. The molecular weight excluding hydrogens is 252 g/mol. The third-order valence-electron chi connectivity index (χ3n) is 1.75. The summed E-state index contributed by atoms with van der Waals surface area (Å²) in [6, 6.07) is -0.605. The van der Waals surface area contributed by atoms with Gasteiger partial charge in [-0.2, -0.15) is 0 Å². The van der Waals surface area contributed by atoms with E-state index in [0.717, 1.165) is 0 Å². The second-order valence-corrected chi connectivity index (χ2v) is 5.11. The maximum atomic E-state index is 11.2. The van der Waals surface area contributed by atoms with Crippen molar-refractivity contribution in [1.29, 1.82) is 0 Å². The fourth-order valence-corrected chi connectivity index (χ4v) is 1.19. The van der Waals surface area contributed by atoms with Gasteiger partial charge in [0.25, 0.3) is 9.70 Å². The van der Waals surface area contributed by atoms with Crippen molar-refractivity contribution in [3.05, 3.63) is 0 Å². The summed E-state index contributed by atoms with van der Waals surface area (Å²) in [6.07, 6.45) is 0.408. The molecule has 0 spiro atoms. The quantitative estimate of drug-likeness (QED) is 0.711. The van der Waals surface area contributed by atoms with Gasteiger partial charge in [0.1, 0.15) is 6.61 Å². The van der Waals surface area contributed by atoms with Gasteiger partial charge in [-0.15, -0.1) is 0 Å². The van der Waals surface area contributed by atoms with Crippen molar-refractivity contribution in [2.75, 3.05) is 13.2 Å². The molecule has 1 aliphatic heterocycles. The van der Waals surface area contributed by atoms with E-state index < -0.39 is 15.7 Å². The van der Waals surface area contributed by atoms with Crippen LogP contribution in [0.5, 0.6) is 0 Å². The Kier molecular flexibility index (Phi) is 4.01. The molecule has 0 saturated carbocycles. The molecule has 1 saturated heterocycles. The van der Waals surface area contributed by atoms with Crippen molar-refractivity contribution in [3.63, 3.8) is 0 Å². The van der Waals surface area contributed by atoms with Crippen LogP contribution in [0, 0.1) is 0 Å². The number of hydrogen-bond donors (Lipinski definition) is 1. The van der Waals surface area contributed by atoms with E-state index in [4.69, 9.17) is 39.5 Å². The average molecular weight is 261 g/mol. The van der Waals surface area contributed by atoms with Gasteiger partial charge in [-0.05, 0) is 6.42 Å². The Morgan fingerprint density at radius 1 is 1.50 bits per heavy atom. The number of ether oxygens (including phenoxy) is 1. The summed E-state index contributed by atoms with van der Waals surface area (Å²) in [7, 11) is 0. The Morgan fingerprint density at radius 2 is 2.14 bits per heavy atom. The lowest BCUT2D eigenvalue weighted by molar-refractivity contribution is -0.133. The summed E-state index contributed by atoms with van der Waals surface area (Å²) in [6.45, 7) is 0.404. The van der Waals surface area contributed by atoms with Gasteiger partial charge in [-0.25, -0.2) is 0 Å². The highest BCUT2D eigenvalue weighted by Crippen LogP contribution is 2.26. The number of carbonyl (C=O) groups excluding carboxylic acids is 2. The van der Waals surface area contributed by atoms with Crippen molar-refractivity contribution in [1.82, 2.24) is 5.32 Å². The third kappa shape index (κ3) is 3.28. The van der Waals surface area contributed by atoms with Gasteiger partial charge in [0.15, 0.2) is 5.78 Å². The van der Waals surface area contributed by atoms with Crippen LogP contribution in [0.3, 0.4) is 0 Å². The van der Waals surface area contributed by atoms with E-state index >= 15 is 0 Å². The summed E-state index contributed by atoms with van der Waals surface area (Å²) < 4.78 is 2.85. The van der Waals surface area contributed by atoms with Crippen LogP contribution in [0.25, 0.3) is 0 Å². The zero-order chi connectivity index (χ0) is 10.8. The molecule has 1 rings (SSSR count). The molecule has 7 heteroatoms. The van der Waals surface area contributed by atoms with E-state index in [1.165, 1.54) is 0 Å². The summed E-state index contributed by atoms with van der Waals surface area (Å²) in [4.78, 5) is 22.4. The lowest BCUT2D eigenvalue weighted by atomic mass is 10.1. The minimum Gasteiger partial charge on any atom is -0.374 e. The number of nitrogens with one attached hydrogen (secondary N) is 1. The molecule has 1 fully saturated rings. The molecule has 0 aromatic heterocycles. The first-order valence-electron chi connectivity index (χ1n) is 3.89. The van der Waals surface area contributed by atoms with Gasteiger partial charge in [0.2, 0.25) is 0 Å². The smallest absolute Gasteiger partial charge is 0.272 e. The van der Waals surface area contributed by atoms with Crippen molar-refractivity contribution < 1.29 is 14.3 Å². The largest absolute Gasteiger partial charge is 0.374 e. The zero-order valence-electron chi connectivity index (χ0n) is 7.06. The molecule has 0 aromatic rings. The van der Waals surface area contributed by atoms with Gasteiger partial charge in [0.05, 0.1) is 6.04 Å². The molecule has 0 radical (unpaired) electrons. The number of Topliss-reactive ketones (excluding diaryl/α,β-unsaturated/α-hetero) is 1. The van der Waals surface area contributed by atoms with Crippen LogP contribution in [0.4, 0.5) is 0 Å². The molecule has 0 aromatic carbocycles. The Labute approximate surface area is 95.8 Å². The van der Waals surface area contributed by atoms with Crippen molar-refractivity contribution >= 4 is 46.5 Å². The molecule has 4 nitrogen and oxygen atoms in total. The number of ketones is 1. The Bertz CT molecular complexity index is 251. The second-order valence-electron chi connectivity index (χ2n) is 2.83. The van der Waals surface area contributed by atoms with Crippen LogP contribution in [-0.4, -0.2) is 34.7 Å². The molecule has 0 bridgehead atoms. The van der Waals surface area contributed by atoms with Crippen LogP contribution >= 0.6 is 34.8 Å². The second kappa shape index (κ2) is 4.66. The standard InChI is InChI=1S/C7H8Cl3NO3/c8-7(9,10)6(13)11-4-1-2-14-3-5(4)12/h4H,1-3H2,(H,11,13). The predicted molar refractivity (Wildman–Crippen MR) is 52.7 cm³/mol. The van der Waals surface area contributed by atoms with E-state index in [1.807, 2.05) is 0 Å². The highest BCUT2D eigenvalue weighted by Gasteiger charge is 2.34. The molecule has 80 valence electrons. The number of rotatable bonds is 1. The third-order valence-corrected chi connectivity index (χ3v) is 2.26. The Morgan fingerprint density at radius 3 is 2.64 bits per heavy atom. The van der Waals surface area contributed by atoms with Crippen LogP contribution in [-0.2, 0) is 14.3 Å². The highest BCUT2D eigenvalue weighted by molar-refractivity contribution is 6.76. The van der Waals surface area contributed by atoms with Gasteiger partial charge in [-0.3, -0.25) is 9.59 Å². The first kappa shape index (κ1) is 12.0. The molecule has 1 atom stereocenters. The number of hydrogen-bond acceptors (Lipinski definition) is 3. The van der Waals surface area contributed by atoms with Gasteiger partial charge in [0, 0.05) is 6.61 Å². The molecule has 1 unspecified atom stereocenters. The number of halogens is 3. The molecular formula is C7H8Cl3NO3. The normalized spacial score (nSPS) is 23.4. The first-order valence-corrected chi connectivity index (χ1v) is 5.03. The summed E-state index contributed by atoms with van der Waals surface area (Å²) in [5.41, 5.74) is 0. The summed E-state index contributed by atoms with van der Waals surface area (Å²) >= 11 is 16.0. The molecule has 1 amide bonds. The Hall–Kier alpha value is -0.0300. The van der Waals surface area contributed by atoms with Gasteiger partial charge >= 0.3 is 0 Å². The van der Waals surface area contributed by atoms with Crippen LogP contribution in [0.15, 0.2) is 0 Å². The average Bonchev–Trinajstić information content (AvgIpc) is 2.07. The van der Waals surface area contributed by atoms with Gasteiger partial charge in [-0.1, -0.05) is 34.8 Å². The van der Waals surface area contributed by atoms with Crippen LogP contribution in [0.1, 0.15) is 6.42 Å².